The maximum Gasteiger partial charge on any atom is 0.226 e. The van der Waals surface area contributed by atoms with Gasteiger partial charge in [-0.1, -0.05) is 6.92 Å². The van der Waals surface area contributed by atoms with Crippen molar-refractivity contribution in [2.24, 2.45) is 11.7 Å². The first-order chi connectivity index (χ1) is 5.43. The average molecular weight is 171 g/mol. The highest BCUT2D eigenvalue weighted by atomic mass is 16.2. The number of amides is 2. The fourth-order valence-electron chi connectivity index (χ4n) is 0.769. The number of carbonyl (C=O) groups excluding carboxylic acids is 2. The Hall–Kier alpha value is -1.06. The molecule has 0 saturated heterocycles. The van der Waals surface area contributed by atoms with Crippen LogP contribution >= 0.6 is 0 Å². The lowest BCUT2D eigenvalue weighted by Gasteiger charge is -2.12. The molecular formula is C8H15N2O2. The molecule has 0 rings (SSSR count). The summed E-state index contributed by atoms with van der Waals surface area (Å²) in [5.74, 6) is -0.563. The van der Waals surface area contributed by atoms with E-state index in [1.807, 2.05) is 0 Å². The Morgan fingerprint density at radius 1 is 1.50 bits per heavy atom. The van der Waals surface area contributed by atoms with Gasteiger partial charge in [0.2, 0.25) is 11.8 Å². The zero-order valence-corrected chi connectivity index (χ0v) is 7.70. The molecule has 0 spiro atoms. The molecule has 1 atom stereocenters. The lowest BCUT2D eigenvalue weighted by molar-refractivity contribution is -0.125. The van der Waals surface area contributed by atoms with Crippen molar-refractivity contribution < 1.29 is 9.59 Å². The van der Waals surface area contributed by atoms with Crippen molar-refractivity contribution in [3.05, 3.63) is 6.42 Å². The standard InChI is InChI=1S/C8H15N2O2/c1-6(4-7(9)11)5-8(12)10(2)3/h5-6H,4H2,1-3H3,(H2,9,11)/t6-/m1/s1. The van der Waals surface area contributed by atoms with Crippen LogP contribution in [-0.4, -0.2) is 30.8 Å². The van der Waals surface area contributed by atoms with Crippen LogP contribution in [0, 0.1) is 12.3 Å². The minimum absolute atomic E-state index is 0.0857. The first-order valence-electron chi connectivity index (χ1n) is 3.78. The first-order valence-corrected chi connectivity index (χ1v) is 3.78. The van der Waals surface area contributed by atoms with Gasteiger partial charge in [0, 0.05) is 20.5 Å². The highest BCUT2D eigenvalue weighted by molar-refractivity contribution is 5.85. The summed E-state index contributed by atoms with van der Waals surface area (Å²) in [4.78, 5) is 22.9. The summed E-state index contributed by atoms with van der Waals surface area (Å²) in [7, 11) is 3.33. The highest BCUT2D eigenvalue weighted by Gasteiger charge is 2.12. The van der Waals surface area contributed by atoms with E-state index in [0.29, 0.717) is 0 Å². The number of nitrogens with two attached hydrogens (primary N) is 1. The van der Waals surface area contributed by atoms with E-state index in [4.69, 9.17) is 5.73 Å². The van der Waals surface area contributed by atoms with Gasteiger partial charge in [0.15, 0.2) is 0 Å². The van der Waals surface area contributed by atoms with E-state index in [0.717, 1.165) is 0 Å². The van der Waals surface area contributed by atoms with Gasteiger partial charge in [-0.15, -0.1) is 0 Å². The molecule has 0 aliphatic rings. The fraction of sp³-hybridized carbons (Fsp3) is 0.625. The van der Waals surface area contributed by atoms with Crippen LogP contribution in [-0.2, 0) is 9.59 Å². The SMILES string of the molecule is C[C@@H]([CH]C(=O)N(C)C)CC(N)=O. The molecule has 0 aromatic carbocycles. The second-order valence-electron chi connectivity index (χ2n) is 3.05. The molecule has 0 heterocycles. The maximum absolute atomic E-state index is 11.1. The van der Waals surface area contributed by atoms with Gasteiger partial charge in [-0.05, 0) is 5.92 Å². The fourth-order valence-corrected chi connectivity index (χ4v) is 0.769. The van der Waals surface area contributed by atoms with Crippen molar-refractivity contribution in [3.8, 4) is 0 Å². The third kappa shape index (κ3) is 4.71. The summed E-state index contributed by atoms with van der Waals surface area (Å²) < 4.78 is 0. The number of rotatable bonds is 4. The van der Waals surface area contributed by atoms with E-state index in [1.165, 1.54) is 11.3 Å². The molecular weight excluding hydrogens is 156 g/mol. The Labute approximate surface area is 72.7 Å². The Kier molecular flexibility index (Phi) is 4.33. The molecule has 0 aromatic rings. The van der Waals surface area contributed by atoms with Crippen molar-refractivity contribution in [2.45, 2.75) is 13.3 Å². The van der Waals surface area contributed by atoms with Crippen molar-refractivity contribution in [1.29, 1.82) is 0 Å². The summed E-state index contributed by atoms with van der Waals surface area (Å²) in [5, 5.41) is 0. The van der Waals surface area contributed by atoms with Crippen LogP contribution in [0.5, 0.6) is 0 Å². The Morgan fingerprint density at radius 3 is 2.33 bits per heavy atom. The third-order valence-electron chi connectivity index (χ3n) is 1.39. The molecule has 0 saturated carbocycles. The largest absolute Gasteiger partial charge is 0.370 e. The maximum atomic E-state index is 11.1. The van der Waals surface area contributed by atoms with Gasteiger partial charge in [-0.25, -0.2) is 0 Å². The van der Waals surface area contributed by atoms with E-state index >= 15 is 0 Å². The van der Waals surface area contributed by atoms with Gasteiger partial charge >= 0.3 is 0 Å². The molecule has 4 nitrogen and oxygen atoms in total. The molecule has 2 amide bonds. The lowest BCUT2D eigenvalue weighted by Crippen LogP contribution is -2.26. The summed E-state index contributed by atoms with van der Waals surface area (Å²) in [6.45, 7) is 1.78. The predicted molar refractivity (Wildman–Crippen MR) is 46.0 cm³/mol. The molecule has 0 aliphatic carbocycles. The van der Waals surface area contributed by atoms with Crippen LogP contribution in [0.4, 0.5) is 0 Å². The average Bonchev–Trinajstić information content (AvgIpc) is 1.84. The normalized spacial score (nSPS) is 12.2. The lowest BCUT2D eigenvalue weighted by atomic mass is 10.0. The molecule has 2 N–H and O–H groups in total. The van der Waals surface area contributed by atoms with Crippen LogP contribution in [0.15, 0.2) is 0 Å². The second kappa shape index (κ2) is 4.74. The predicted octanol–water partition coefficient (Wildman–Crippen LogP) is -0.210. The summed E-state index contributed by atoms with van der Waals surface area (Å²) in [6.07, 6.45) is 1.71. The molecule has 1 radical (unpaired) electrons. The van der Waals surface area contributed by atoms with Gasteiger partial charge in [0.05, 0.1) is 6.42 Å². The monoisotopic (exact) mass is 171 g/mol. The first kappa shape index (κ1) is 10.9. The van der Waals surface area contributed by atoms with Crippen molar-refractivity contribution >= 4 is 11.8 Å². The highest BCUT2D eigenvalue weighted by Crippen LogP contribution is 2.06. The number of nitrogens with zero attached hydrogens (tertiary/aromatic N) is 1. The van der Waals surface area contributed by atoms with Crippen LogP contribution in [0.25, 0.3) is 0 Å². The number of hydrogen-bond donors (Lipinski definition) is 1. The Balaban J connectivity index is 3.76. The van der Waals surface area contributed by atoms with E-state index < -0.39 is 0 Å². The zero-order chi connectivity index (χ0) is 9.72. The van der Waals surface area contributed by atoms with Crippen LogP contribution in [0.1, 0.15) is 13.3 Å². The van der Waals surface area contributed by atoms with Gasteiger partial charge in [-0.2, -0.15) is 0 Å². The van der Waals surface area contributed by atoms with Gasteiger partial charge in [0.1, 0.15) is 0 Å². The van der Waals surface area contributed by atoms with Gasteiger partial charge < -0.3 is 10.6 Å². The molecule has 0 aromatic heterocycles. The molecule has 12 heavy (non-hydrogen) atoms. The van der Waals surface area contributed by atoms with E-state index in [9.17, 15) is 9.59 Å². The smallest absolute Gasteiger partial charge is 0.226 e. The molecule has 69 valence electrons. The minimum atomic E-state index is -0.384. The van der Waals surface area contributed by atoms with Crippen molar-refractivity contribution in [1.82, 2.24) is 4.90 Å². The minimum Gasteiger partial charge on any atom is -0.370 e. The molecule has 0 bridgehead atoms. The van der Waals surface area contributed by atoms with Crippen LogP contribution in [0.2, 0.25) is 0 Å². The van der Waals surface area contributed by atoms with Crippen LogP contribution in [0.3, 0.4) is 0 Å². The Bertz CT molecular complexity index is 178. The van der Waals surface area contributed by atoms with Crippen molar-refractivity contribution in [3.63, 3.8) is 0 Å². The van der Waals surface area contributed by atoms with E-state index in [-0.39, 0.29) is 24.2 Å². The molecule has 4 heteroatoms. The summed E-state index contributed by atoms with van der Waals surface area (Å²) in [6, 6.07) is 0. The topological polar surface area (TPSA) is 63.4 Å². The number of primary amides is 1. The van der Waals surface area contributed by atoms with E-state index in [2.05, 4.69) is 0 Å². The van der Waals surface area contributed by atoms with E-state index in [1.54, 1.807) is 21.0 Å². The van der Waals surface area contributed by atoms with Crippen LogP contribution < -0.4 is 5.73 Å². The molecule has 0 aliphatic heterocycles. The van der Waals surface area contributed by atoms with Gasteiger partial charge in [-0.3, -0.25) is 9.59 Å². The number of hydrogen-bond acceptors (Lipinski definition) is 2. The zero-order valence-electron chi connectivity index (χ0n) is 7.70. The van der Waals surface area contributed by atoms with Crippen molar-refractivity contribution in [2.75, 3.05) is 14.1 Å². The summed E-state index contributed by atoms with van der Waals surface area (Å²) >= 11 is 0. The number of carbonyl (C=O) groups is 2. The quantitative estimate of drug-likeness (QED) is 0.636. The molecule has 0 unspecified atom stereocenters. The Morgan fingerprint density at radius 2 is 2.00 bits per heavy atom. The second-order valence-corrected chi connectivity index (χ2v) is 3.05. The third-order valence-corrected chi connectivity index (χ3v) is 1.39. The summed E-state index contributed by atoms with van der Waals surface area (Å²) in [5.41, 5.74) is 4.96. The van der Waals surface area contributed by atoms with Gasteiger partial charge in [0.25, 0.3) is 0 Å². The molecule has 0 fully saturated rings.